The van der Waals surface area contributed by atoms with Gasteiger partial charge >= 0.3 is 0 Å². The van der Waals surface area contributed by atoms with Gasteiger partial charge in [-0.1, -0.05) is 18.2 Å². The summed E-state index contributed by atoms with van der Waals surface area (Å²) in [5, 5.41) is 12.6. The third-order valence-electron chi connectivity index (χ3n) is 4.30. The molecule has 3 aromatic carbocycles. The maximum atomic E-state index is 13.0. The number of aromatic hydroxyl groups is 1. The van der Waals surface area contributed by atoms with Gasteiger partial charge < -0.3 is 15.2 Å². The molecule has 0 aliphatic carbocycles. The molecule has 0 unspecified atom stereocenters. The molecule has 0 fully saturated rings. The molecule has 0 aliphatic heterocycles. The molecule has 0 radical (unpaired) electrons. The molecule has 0 spiro atoms. The Morgan fingerprint density at radius 3 is 2.56 bits per heavy atom. The average Bonchev–Trinajstić information content (AvgIpc) is 2.66. The number of halogens is 1. The minimum absolute atomic E-state index is 0.0907. The number of aryl methyl sites for hydroxylation is 1. The minimum atomic E-state index is -0.322. The number of rotatable bonds is 5. The van der Waals surface area contributed by atoms with E-state index in [1.165, 1.54) is 12.1 Å². The first-order valence-corrected chi connectivity index (χ1v) is 8.54. The number of nitrogens with one attached hydrogen (secondary N) is 1. The average molecular weight is 365 g/mol. The Hall–Kier alpha value is -3.34. The molecule has 2 N–H and O–H groups in total. The molecule has 5 heteroatoms. The van der Waals surface area contributed by atoms with Crippen LogP contribution in [0.5, 0.6) is 17.2 Å². The van der Waals surface area contributed by atoms with Crippen LogP contribution in [0.4, 0.5) is 4.39 Å². The van der Waals surface area contributed by atoms with Crippen LogP contribution in [0.15, 0.2) is 60.7 Å². The number of hydrogen-bond donors (Lipinski definition) is 2. The largest absolute Gasteiger partial charge is 0.508 e. The van der Waals surface area contributed by atoms with Crippen LogP contribution >= 0.6 is 0 Å². The van der Waals surface area contributed by atoms with Crippen molar-refractivity contribution in [2.24, 2.45) is 0 Å². The lowest BCUT2D eigenvalue weighted by Crippen LogP contribution is -2.23. The Bertz CT molecular complexity index is 968. The van der Waals surface area contributed by atoms with E-state index in [1.54, 1.807) is 37.3 Å². The molecule has 0 saturated carbocycles. The third kappa shape index (κ3) is 4.44. The summed E-state index contributed by atoms with van der Waals surface area (Å²) in [7, 11) is 0. The first-order valence-electron chi connectivity index (χ1n) is 8.54. The van der Waals surface area contributed by atoms with E-state index in [0.29, 0.717) is 29.2 Å². The standard InChI is InChI=1S/C22H20FNO3/c1-14-6-7-16(12-21(14)27-18-10-8-17(23)9-11-18)13-24-22(26)19-4-3-5-20(25)15(19)2/h3-12,25H,13H2,1-2H3,(H,24,26). The summed E-state index contributed by atoms with van der Waals surface area (Å²) < 4.78 is 18.8. The van der Waals surface area contributed by atoms with Crippen LogP contribution in [0.1, 0.15) is 27.0 Å². The van der Waals surface area contributed by atoms with Crippen molar-refractivity contribution in [3.05, 3.63) is 88.7 Å². The number of hydrogen-bond acceptors (Lipinski definition) is 3. The predicted octanol–water partition coefficient (Wildman–Crippen LogP) is 4.87. The number of phenolic OH excluding ortho intramolecular Hbond substituents is 1. The van der Waals surface area contributed by atoms with Crippen molar-refractivity contribution in [3.63, 3.8) is 0 Å². The van der Waals surface area contributed by atoms with Gasteiger partial charge in [0.1, 0.15) is 23.1 Å². The highest BCUT2D eigenvalue weighted by molar-refractivity contribution is 5.96. The van der Waals surface area contributed by atoms with Gasteiger partial charge in [0.05, 0.1) is 0 Å². The second kappa shape index (κ2) is 7.91. The number of phenols is 1. The first-order chi connectivity index (χ1) is 12.9. The van der Waals surface area contributed by atoms with Crippen molar-refractivity contribution in [3.8, 4) is 17.2 Å². The second-order valence-electron chi connectivity index (χ2n) is 6.29. The molecule has 0 atom stereocenters. The van der Waals surface area contributed by atoms with Crippen LogP contribution < -0.4 is 10.1 Å². The number of carbonyl (C=O) groups is 1. The van der Waals surface area contributed by atoms with Gasteiger partial charge in [0.2, 0.25) is 0 Å². The van der Waals surface area contributed by atoms with Crippen LogP contribution in [-0.4, -0.2) is 11.0 Å². The van der Waals surface area contributed by atoms with Crippen LogP contribution in [0.25, 0.3) is 0 Å². The van der Waals surface area contributed by atoms with Gasteiger partial charge in [-0.3, -0.25) is 4.79 Å². The summed E-state index contributed by atoms with van der Waals surface area (Å²) in [5.41, 5.74) is 2.77. The fourth-order valence-corrected chi connectivity index (χ4v) is 2.64. The lowest BCUT2D eigenvalue weighted by atomic mass is 10.1. The molecule has 0 bridgehead atoms. The monoisotopic (exact) mass is 365 g/mol. The van der Waals surface area contributed by atoms with E-state index in [1.807, 2.05) is 25.1 Å². The van der Waals surface area contributed by atoms with Gasteiger partial charge in [0.25, 0.3) is 5.91 Å². The molecule has 1 amide bonds. The topological polar surface area (TPSA) is 58.6 Å². The Morgan fingerprint density at radius 2 is 1.81 bits per heavy atom. The second-order valence-corrected chi connectivity index (χ2v) is 6.29. The summed E-state index contributed by atoms with van der Waals surface area (Å²) in [5.74, 6) is 0.689. The SMILES string of the molecule is Cc1ccc(CNC(=O)c2cccc(O)c2C)cc1Oc1ccc(F)cc1. The van der Waals surface area contributed by atoms with Crippen LogP contribution in [0, 0.1) is 19.7 Å². The molecule has 27 heavy (non-hydrogen) atoms. The Labute approximate surface area is 157 Å². The Balaban J connectivity index is 1.71. The summed E-state index contributed by atoms with van der Waals surface area (Å²) >= 11 is 0. The van der Waals surface area contributed by atoms with E-state index >= 15 is 0 Å². The molecule has 3 rings (SSSR count). The molecule has 0 aliphatic rings. The molecule has 138 valence electrons. The van der Waals surface area contributed by atoms with Crippen LogP contribution in [0.2, 0.25) is 0 Å². The Morgan fingerprint density at radius 1 is 1.07 bits per heavy atom. The highest BCUT2D eigenvalue weighted by atomic mass is 19.1. The van der Waals surface area contributed by atoms with Gasteiger partial charge in [-0.2, -0.15) is 0 Å². The van der Waals surface area contributed by atoms with Gasteiger partial charge in [0, 0.05) is 17.7 Å². The van der Waals surface area contributed by atoms with Crippen molar-refractivity contribution < 1.29 is 19.0 Å². The zero-order valence-corrected chi connectivity index (χ0v) is 15.1. The van der Waals surface area contributed by atoms with Crippen molar-refractivity contribution in [1.29, 1.82) is 0 Å². The van der Waals surface area contributed by atoms with Crippen molar-refractivity contribution in [1.82, 2.24) is 5.32 Å². The fraction of sp³-hybridized carbons (Fsp3) is 0.136. The van der Waals surface area contributed by atoms with Crippen LogP contribution in [-0.2, 0) is 6.54 Å². The fourth-order valence-electron chi connectivity index (χ4n) is 2.64. The zero-order valence-electron chi connectivity index (χ0n) is 15.1. The molecular weight excluding hydrogens is 345 g/mol. The molecular formula is C22H20FNO3. The van der Waals surface area contributed by atoms with E-state index in [0.717, 1.165) is 11.1 Å². The van der Waals surface area contributed by atoms with Gasteiger partial charge in [0.15, 0.2) is 0 Å². The molecule has 0 aromatic heterocycles. The molecule has 0 saturated heterocycles. The van der Waals surface area contributed by atoms with E-state index in [-0.39, 0.29) is 17.5 Å². The Kier molecular flexibility index (Phi) is 5.41. The third-order valence-corrected chi connectivity index (χ3v) is 4.30. The maximum absolute atomic E-state index is 13.0. The molecule has 4 nitrogen and oxygen atoms in total. The first kappa shape index (κ1) is 18.5. The van der Waals surface area contributed by atoms with Gasteiger partial charge in [-0.05, 0) is 67.4 Å². The predicted molar refractivity (Wildman–Crippen MR) is 102 cm³/mol. The van der Waals surface area contributed by atoms with E-state index in [2.05, 4.69) is 5.32 Å². The van der Waals surface area contributed by atoms with Crippen LogP contribution in [0.3, 0.4) is 0 Å². The van der Waals surface area contributed by atoms with Gasteiger partial charge in [-0.25, -0.2) is 4.39 Å². The highest BCUT2D eigenvalue weighted by Crippen LogP contribution is 2.26. The maximum Gasteiger partial charge on any atom is 0.251 e. The van der Waals surface area contributed by atoms with Gasteiger partial charge in [-0.15, -0.1) is 0 Å². The molecule has 0 heterocycles. The van der Waals surface area contributed by atoms with Crippen molar-refractivity contribution in [2.75, 3.05) is 0 Å². The lowest BCUT2D eigenvalue weighted by molar-refractivity contribution is 0.0950. The summed E-state index contributed by atoms with van der Waals surface area (Å²) in [4.78, 5) is 12.4. The smallest absolute Gasteiger partial charge is 0.251 e. The van der Waals surface area contributed by atoms with Crippen molar-refractivity contribution in [2.45, 2.75) is 20.4 Å². The van der Waals surface area contributed by atoms with E-state index in [9.17, 15) is 14.3 Å². The number of amides is 1. The minimum Gasteiger partial charge on any atom is -0.508 e. The van der Waals surface area contributed by atoms with Crippen molar-refractivity contribution >= 4 is 5.91 Å². The molecule has 3 aromatic rings. The number of benzene rings is 3. The normalized spacial score (nSPS) is 10.5. The zero-order chi connectivity index (χ0) is 19.4. The number of carbonyl (C=O) groups excluding carboxylic acids is 1. The quantitative estimate of drug-likeness (QED) is 0.678. The summed E-state index contributed by atoms with van der Waals surface area (Å²) in [6, 6.07) is 16.3. The summed E-state index contributed by atoms with van der Waals surface area (Å²) in [6.07, 6.45) is 0. The van der Waals surface area contributed by atoms with E-state index < -0.39 is 0 Å². The number of ether oxygens (including phenoxy) is 1. The lowest BCUT2D eigenvalue weighted by Gasteiger charge is -2.12. The van der Waals surface area contributed by atoms with E-state index in [4.69, 9.17) is 4.74 Å². The highest BCUT2D eigenvalue weighted by Gasteiger charge is 2.11. The summed E-state index contributed by atoms with van der Waals surface area (Å²) in [6.45, 7) is 3.93.